The molecular formula is C11H14N2O6S2. The molecule has 21 heavy (non-hydrogen) atoms. The van der Waals surface area contributed by atoms with Gasteiger partial charge >= 0.3 is 0 Å². The number of hydrogen-bond acceptors (Lipinski definition) is 5. The van der Waals surface area contributed by atoms with Crippen LogP contribution in [-0.2, 0) is 24.9 Å². The van der Waals surface area contributed by atoms with Crippen molar-refractivity contribution in [3.8, 4) is 0 Å². The number of amides is 1. The van der Waals surface area contributed by atoms with Gasteiger partial charge in [-0.3, -0.25) is 9.35 Å². The van der Waals surface area contributed by atoms with Gasteiger partial charge in [-0.2, -0.15) is 8.42 Å². The first-order chi connectivity index (χ1) is 9.56. The average molecular weight is 334 g/mol. The molecule has 1 aliphatic heterocycles. The summed E-state index contributed by atoms with van der Waals surface area (Å²) in [5.74, 6) is -0.935. The van der Waals surface area contributed by atoms with E-state index in [4.69, 9.17) is 9.69 Å². The van der Waals surface area contributed by atoms with Crippen LogP contribution in [0.3, 0.4) is 0 Å². The summed E-state index contributed by atoms with van der Waals surface area (Å²) in [6, 6.07) is 5.09. The molecule has 0 spiro atoms. The Morgan fingerprint density at radius 3 is 2.24 bits per heavy atom. The molecule has 10 heteroatoms. The lowest BCUT2D eigenvalue weighted by Gasteiger charge is -2.16. The molecule has 2 rings (SSSR count). The molecule has 1 saturated heterocycles. The van der Waals surface area contributed by atoms with Crippen molar-refractivity contribution >= 4 is 31.7 Å². The molecule has 1 heterocycles. The molecule has 8 nitrogen and oxygen atoms in total. The highest BCUT2D eigenvalue weighted by atomic mass is 32.2. The Morgan fingerprint density at radius 2 is 1.76 bits per heavy atom. The highest BCUT2D eigenvalue weighted by Crippen LogP contribution is 2.26. The number of nitrogens with two attached hydrogens (primary N) is 1. The van der Waals surface area contributed by atoms with Crippen molar-refractivity contribution in [3.63, 3.8) is 0 Å². The lowest BCUT2D eigenvalue weighted by molar-refractivity contribution is -0.117. The first-order valence-corrected chi connectivity index (χ1v) is 9.10. The first-order valence-electron chi connectivity index (χ1n) is 5.94. The van der Waals surface area contributed by atoms with Crippen molar-refractivity contribution in [2.24, 2.45) is 11.1 Å². The molecule has 1 unspecified atom stereocenters. The van der Waals surface area contributed by atoms with E-state index in [9.17, 15) is 21.6 Å². The van der Waals surface area contributed by atoms with Crippen LogP contribution in [0.2, 0.25) is 0 Å². The normalized spacial score (nSPS) is 20.0. The summed E-state index contributed by atoms with van der Waals surface area (Å²) in [6.45, 7) is 0.195. The van der Waals surface area contributed by atoms with Crippen molar-refractivity contribution in [1.29, 1.82) is 0 Å². The SMILES string of the molecule is NS(=O)(=O)CC1CC(=O)N(c2ccc(S(=O)(=O)O)cc2)C1. The third kappa shape index (κ3) is 4.00. The Hall–Kier alpha value is -1.49. The number of anilines is 1. The van der Waals surface area contributed by atoms with Crippen LogP contribution in [0.1, 0.15) is 6.42 Å². The predicted molar refractivity (Wildman–Crippen MR) is 74.7 cm³/mol. The molecular weight excluding hydrogens is 320 g/mol. The number of carbonyl (C=O) groups excluding carboxylic acids is 1. The van der Waals surface area contributed by atoms with E-state index in [0.29, 0.717) is 5.69 Å². The van der Waals surface area contributed by atoms with Crippen molar-refractivity contribution < 1.29 is 26.2 Å². The second-order valence-corrected chi connectivity index (χ2v) is 7.95. The minimum atomic E-state index is -4.29. The molecule has 0 saturated carbocycles. The van der Waals surface area contributed by atoms with Gasteiger partial charge < -0.3 is 4.90 Å². The molecule has 0 aromatic heterocycles. The second-order valence-electron chi connectivity index (χ2n) is 4.87. The van der Waals surface area contributed by atoms with E-state index in [0.717, 1.165) is 0 Å². The number of sulfonamides is 1. The topological polar surface area (TPSA) is 135 Å². The summed E-state index contributed by atoms with van der Waals surface area (Å²) in [6.07, 6.45) is 0.0660. The zero-order valence-electron chi connectivity index (χ0n) is 10.8. The number of carbonyl (C=O) groups is 1. The van der Waals surface area contributed by atoms with Crippen LogP contribution in [0.4, 0.5) is 5.69 Å². The Labute approximate surface area is 122 Å². The van der Waals surface area contributed by atoms with Gasteiger partial charge in [0.1, 0.15) is 0 Å². The second kappa shape index (κ2) is 5.37. The maximum atomic E-state index is 11.9. The summed E-state index contributed by atoms with van der Waals surface area (Å²) in [4.78, 5) is 13.0. The first kappa shape index (κ1) is 15.9. The molecule has 1 atom stereocenters. The van der Waals surface area contributed by atoms with Gasteiger partial charge in [0.05, 0.1) is 10.6 Å². The summed E-state index contributed by atoms with van der Waals surface area (Å²) < 4.78 is 52.8. The highest BCUT2D eigenvalue weighted by Gasteiger charge is 2.32. The van der Waals surface area contributed by atoms with Crippen LogP contribution >= 0.6 is 0 Å². The van der Waals surface area contributed by atoms with E-state index in [1.807, 2.05) is 0 Å². The molecule has 116 valence electrons. The third-order valence-corrected chi connectivity index (χ3v) is 4.92. The minimum absolute atomic E-state index is 0.0660. The van der Waals surface area contributed by atoms with Crippen LogP contribution < -0.4 is 10.0 Å². The van der Waals surface area contributed by atoms with Gasteiger partial charge in [-0.05, 0) is 24.3 Å². The standard InChI is InChI=1S/C11H14N2O6S2/c12-20(15,16)7-8-5-11(14)13(6-8)9-1-3-10(4-2-9)21(17,18)19/h1-4,8H,5-7H2,(H2,12,15,16)(H,17,18,19). The van der Waals surface area contributed by atoms with Crippen LogP contribution in [0.5, 0.6) is 0 Å². The Kier molecular flexibility index (Phi) is 4.06. The number of rotatable bonds is 4. The molecule has 1 aliphatic rings. The van der Waals surface area contributed by atoms with Crippen LogP contribution in [0.15, 0.2) is 29.2 Å². The fourth-order valence-electron chi connectivity index (χ4n) is 2.27. The van der Waals surface area contributed by atoms with Gasteiger partial charge in [-0.15, -0.1) is 0 Å². The smallest absolute Gasteiger partial charge is 0.294 e. The zero-order chi connectivity index (χ0) is 15.8. The Balaban J connectivity index is 2.18. The Bertz CT molecular complexity index is 754. The fraction of sp³-hybridized carbons (Fsp3) is 0.364. The summed E-state index contributed by atoms with van der Waals surface area (Å²) in [7, 11) is -7.94. The van der Waals surface area contributed by atoms with E-state index in [1.54, 1.807) is 0 Å². The molecule has 1 fully saturated rings. The number of primary sulfonamides is 1. The van der Waals surface area contributed by atoms with Gasteiger partial charge in [0.15, 0.2) is 0 Å². The van der Waals surface area contributed by atoms with E-state index >= 15 is 0 Å². The van der Waals surface area contributed by atoms with Crippen molar-refractivity contribution in [3.05, 3.63) is 24.3 Å². The lowest BCUT2D eigenvalue weighted by atomic mass is 10.1. The van der Waals surface area contributed by atoms with E-state index < -0.39 is 26.1 Å². The van der Waals surface area contributed by atoms with E-state index in [1.165, 1.54) is 29.2 Å². The zero-order valence-corrected chi connectivity index (χ0v) is 12.5. The summed E-state index contributed by atoms with van der Waals surface area (Å²) in [5.41, 5.74) is 0.435. The maximum Gasteiger partial charge on any atom is 0.294 e. The monoisotopic (exact) mass is 334 g/mol. The molecule has 0 aliphatic carbocycles. The van der Waals surface area contributed by atoms with Crippen molar-refractivity contribution in [2.45, 2.75) is 11.3 Å². The Morgan fingerprint density at radius 1 is 1.19 bits per heavy atom. The van der Waals surface area contributed by atoms with Gasteiger partial charge in [-0.1, -0.05) is 0 Å². The molecule has 1 amide bonds. The third-order valence-electron chi connectivity index (χ3n) is 3.12. The molecule has 3 N–H and O–H groups in total. The average Bonchev–Trinajstić information content (AvgIpc) is 2.66. The molecule has 1 aromatic carbocycles. The molecule has 0 bridgehead atoms. The maximum absolute atomic E-state index is 11.9. The van der Waals surface area contributed by atoms with E-state index in [2.05, 4.69) is 0 Å². The molecule has 0 radical (unpaired) electrons. The highest BCUT2D eigenvalue weighted by molar-refractivity contribution is 7.89. The quantitative estimate of drug-likeness (QED) is 0.718. The van der Waals surface area contributed by atoms with Gasteiger partial charge in [-0.25, -0.2) is 13.6 Å². The lowest BCUT2D eigenvalue weighted by Crippen LogP contribution is -2.27. The minimum Gasteiger partial charge on any atom is -0.312 e. The number of hydrogen-bond donors (Lipinski definition) is 2. The van der Waals surface area contributed by atoms with Crippen LogP contribution in [-0.4, -0.2) is 39.6 Å². The molecule has 1 aromatic rings. The summed E-state index contributed by atoms with van der Waals surface area (Å²) in [5, 5.41) is 4.96. The predicted octanol–water partition coefficient (Wildman–Crippen LogP) is -0.425. The van der Waals surface area contributed by atoms with Crippen molar-refractivity contribution in [2.75, 3.05) is 17.2 Å². The van der Waals surface area contributed by atoms with Gasteiger partial charge in [0.2, 0.25) is 15.9 Å². The number of nitrogens with zero attached hydrogens (tertiary/aromatic N) is 1. The fourth-order valence-corrected chi connectivity index (χ4v) is 3.63. The van der Waals surface area contributed by atoms with E-state index in [-0.39, 0.29) is 29.5 Å². The van der Waals surface area contributed by atoms with Gasteiger partial charge in [0, 0.05) is 24.6 Å². The summed E-state index contributed by atoms with van der Waals surface area (Å²) >= 11 is 0. The van der Waals surface area contributed by atoms with Crippen LogP contribution in [0.25, 0.3) is 0 Å². The van der Waals surface area contributed by atoms with Crippen LogP contribution in [0, 0.1) is 5.92 Å². The largest absolute Gasteiger partial charge is 0.312 e. The van der Waals surface area contributed by atoms with Gasteiger partial charge in [0.25, 0.3) is 10.1 Å². The number of benzene rings is 1. The van der Waals surface area contributed by atoms with Crippen molar-refractivity contribution in [1.82, 2.24) is 0 Å².